The maximum Gasteiger partial charge on any atom is 0.248 e. The molecule has 1 atom stereocenters. The van der Waals surface area contributed by atoms with Crippen LogP contribution in [0.1, 0.15) is 24.1 Å². The monoisotopic (exact) mass is 312 g/mol. The highest BCUT2D eigenvalue weighted by atomic mass is 16.2. The number of aromatic nitrogens is 4. The van der Waals surface area contributed by atoms with E-state index in [-0.39, 0.29) is 5.91 Å². The van der Waals surface area contributed by atoms with Gasteiger partial charge in [0.2, 0.25) is 5.91 Å². The summed E-state index contributed by atoms with van der Waals surface area (Å²) in [5.74, 6) is 0.0346. The van der Waals surface area contributed by atoms with Gasteiger partial charge >= 0.3 is 0 Å². The molecule has 2 aromatic rings. The minimum absolute atomic E-state index is 0.0346. The van der Waals surface area contributed by atoms with Gasteiger partial charge in [-0.25, -0.2) is 9.97 Å². The van der Waals surface area contributed by atoms with Crippen LogP contribution in [0.5, 0.6) is 0 Å². The van der Waals surface area contributed by atoms with E-state index >= 15 is 0 Å². The lowest BCUT2D eigenvalue weighted by Crippen LogP contribution is -2.52. The summed E-state index contributed by atoms with van der Waals surface area (Å²) in [5.41, 5.74) is 0.912. The molecule has 7 heteroatoms. The Morgan fingerprint density at radius 1 is 1.22 bits per heavy atom. The number of carbonyl (C=O) groups excluding carboxylic acids is 1. The van der Waals surface area contributed by atoms with E-state index in [9.17, 15) is 4.79 Å². The number of carbonyl (C=O) groups is 1. The largest absolute Gasteiger partial charge is 0.347 e. The van der Waals surface area contributed by atoms with E-state index in [4.69, 9.17) is 0 Å². The van der Waals surface area contributed by atoms with Gasteiger partial charge in [0.05, 0.1) is 11.9 Å². The summed E-state index contributed by atoms with van der Waals surface area (Å²) < 4.78 is 0. The molecule has 1 amide bonds. The maximum absolute atomic E-state index is 13.1. The van der Waals surface area contributed by atoms with Gasteiger partial charge in [0.1, 0.15) is 11.9 Å². The zero-order valence-electron chi connectivity index (χ0n) is 13.4. The van der Waals surface area contributed by atoms with E-state index in [1.165, 1.54) is 6.33 Å². The topological polar surface area (TPSA) is 75.1 Å². The lowest BCUT2D eigenvalue weighted by Gasteiger charge is -2.38. The molecule has 0 spiro atoms. The van der Waals surface area contributed by atoms with Crippen molar-refractivity contribution >= 4 is 5.91 Å². The number of amides is 1. The molecule has 3 rings (SSSR count). The van der Waals surface area contributed by atoms with Crippen LogP contribution in [0.2, 0.25) is 0 Å². The molecule has 1 saturated heterocycles. The Balaban J connectivity index is 2.02. The molecule has 23 heavy (non-hydrogen) atoms. The minimum atomic E-state index is -0.770. The molecule has 120 valence electrons. The second kappa shape index (κ2) is 6.37. The first-order valence-corrected chi connectivity index (χ1v) is 7.62. The third-order valence-corrected chi connectivity index (χ3v) is 4.24. The minimum Gasteiger partial charge on any atom is -0.347 e. The summed E-state index contributed by atoms with van der Waals surface area (Å²) in [5, 5.41) is 0. The number of hydrogen-bond acceptors (Lipinski definition) is 6. The Kier molecular flexibility index (Phi) is 4.29. The van der Waals surface area contributed by atoms with Crippen LogP contribution in [-0.2, 0) is 16.9 Å². The molecule has 2 aromatic heterocycles. The second-order valence-electron chi connectivity index (χ2n) is 5.92. The van der Waals surface area contributed by atoms with Crippen molar-refractivity contribution in [2.75, 3.05) is 20.6 Å². The van der Waals surface area contributed by atoms with Gasteiger partial charge in [-0.3, -0.25) is 19.7 Å². The normalized spacial score (nSPS) is 21.3. The third-order valence-electron chi connectivity index (χ3n) is 4.24. The molecule has 7 nitrogen and oxygen atoms in total. The van der Waals surface area contributed by atoms with E-state index in [1.54, 1.807) is 50.0 Å². The van der Waals surface area contributed by atoms with Gasteiger partial charge in [-0.05, 0) is 19.4 Å². The molecule has 0 bridgehead atoms. The molecular formula is C16H20N6O. The Hall–Kier alpha value is -2.41. The first-order valence-electron chi connectivity index (χ1n) is 7.62. The lowest BCUT2D eigenvalue weighted by molar-refractivity contribution is -0.141. The van der Waals surface area contributed by atoms with E-state index in [0.717, 1.165) is 24.9 Å². The number of nitrogens with zero attached hydrogens (tertiary/aromatic N) is 6. The van der Waals surface area contributed by atoms with Crippen LogP contribution in [0.25, 0.3) is 0 Å². The Morgan fingerprint density at radius 2 is 2.00 bits per heavy atom. The molecule has 1 fully saturated rings. The summed E-state index contributed by atoms with van der Waals surface area (Å²) in [6.45, 7) is 1.43. The lowest BCUT2D eigenvalue weighted by atomic mass is 9.90. The van der Waals surface area contributed by atoms with Crippen molar-refractivity contribution in [1.29, 1.82) is 0 Å². The summed E-state index contributed by atoms with van der Waals surface area (Å²) >= 11 is 0. The SMILES string of the molecule is CN(C)C(=O)C1(c2cnccn2)CCCN1Cc1cncnc1. The molecular weight excluding hydrogens is 292 g/mol. The van der Waals surface area contributed by atoms with Gasteiger partial charge in [0.15, 0.2) is 0 Å². The average molecular weight is 312 g/mol. The van der Waals surface area contributed by atoms with Gasteiger partial charge in [-0.1, -0.05) is 0 Å². The summed E-state index contributed by atoms with van der Waals surface area (Å²) in [7, 11) is 3.56. The van der Waals surface area contributed by atoms with Crippen molar-refractivity contribution in [2.45, 2.75) is 24.9 Å². The van der Waals surface area contributed by atoms with Crippen molar-refractivity contribution in [2.24, 2.45) is 0 Å². The fraction of sp³-hybridized carbons (Fsp3) is 0.438. The highest BCUT2D eigenvalue weighted by molar-refractivity contribution is 5.87. The first-order chi connectivity index (χ1) is 11.1. The fourth-order valence-electron chi connectivity index (χ4n) is 3.25. The summed E-state index contributed by atoms with van der Waals surface area (Å²) in [4.78, 5) is 33.6. The van der Waals surface area contributed by atoms with Crippen LogP contribution in [-0.4, -0.2) is 56.3 Å². The van der Waals surface area contributed by atoms with Gasteiger partial charge < -0.3 is 4.90 Å². The van der Waals surface area contributed by atoms with Crippen LogP contribution in [0.4, 0.5) is 0 Å². The predicted octanol–water partition coefficient (Wildman–Crippen LogP) is 0.846. The van der Waals surface area contributed by atoms with E-state index in [2.05, 4.69) is 24.8 Å². The maximum atomic E-state index is 13.1. The number of rotatable bonds is 4. The molecule has 1 aliphatic heterocycles. The molecule has 0 N–H and O–H groups in total. The predicted molar refractivity (Wildman–Crippen MR) is 84.1 cm³/mol. The van der Waals surface area contributed by atoms with E-state index in [1.807, 2.05) is 0 Å². The van der Waals surface area contributed by atoms with Gasteiger partial charge in [0, 0.05) is 51.0 Å². The standard InChI is InChI=1S/C16H20N6O/c1-21(2)15(23)16(14-10-17-5-6-20-14)4-3-7-22(16)11-13-8-18-12-19-9-13/h5-6,8-10,12H,3-4,7,11H2,1-2H3. The van der Waals surface area contributed by atoms with Crippen LogP contribution >= 0.6 is 0 Å². The van der Waals surface area contributed by atoms with Crippen LogP contribution < -0.4 is 0 Å². The van der Waals surface area contributed by atoms with Gasteiger partial charge in [-0.15, -0.1) is 0 Å². The average Bonchev–Trinajstić information content (AvgIpc) is 3.00. The van der Waals surface area contributed by atoms with E-state index < -0.39 is 5.54 Å². The molecule has 0 saturated carbocycles. The van der Waals surface area contributed by atoms with E-state index in [0.29, 0.717) is 12.2 Å². The molecule has 0 radical (unpaired) electrons. The Labute approximate surface area is 135 Å². The van der Waals surface area contributed by atoms with Crippen LogP contribution in [0.3, 0.4) is 0 Å². The highest BCUT2D eigenvalue weighted by Gasteiger charge is 2.50. The molecule has 1 aliphatic rings. The van der Waals surface area contributed by atoms with Crippen LogP contribution in [0.15, 0.2) is 37.3 Å². The van der Waals surface area contributed by atoms with Gasteiger partial charge in [0.25, 0.3) is 0 Å². The first kappa shape index (κ1) is 15.5. The highest BCUT2D eigenvalue weighted by Crippen LogP contribution is 2.40. The van der Waals surface area contributed by atoms with Crippen molar-refractivity contribution in [3.63, 3.8) is 0 Å². The zero-order chi connectivity index (χ0) is 16.3. The zero-order valence-corrected chi connectivity index (χ0v) is 13.4. The molecule has 0 aromatic carbocycles. The number of likely N-dealkylation sites (N-methyl/N-ethyl adjacent to an activating group) is 1. The third kappa shape index (κ3) is 2.79. The number of hydrogen-bond donors (Lipinski definition) is 0. The Bertz CT molecular complexity index is 663. The number of likely N-dealkylation sites (tertiary alicyclic amines) is 1. The fourth-order valence-corrected chi connectivity index (χ4v) is 3.25. The molecule has 0 aliphatic carbocycles. The second-order valence-corrected chi connectivity index (χ2v) is 5.92. The summed E-state index contributed by atoms with van der Waals surface area (Å²) in [6, 6.07) is 0. The quantitative estimate of drug-likeness (QED) is 0.833. The van der Waals surface area contributed by atoms with Crippen LogP contribution in [0, 0.1) is 0 Å². The van der Waals surface area contributed by atoms with Crippen molar-refractivity contribution in [3.8, 4) is 0 Å². The van der Waals surface area contributed by atoms with Crippen molar-refractivity contribution in [3.05, 3.63) is 48.6 Å². The van der Waals surface area contributed by atoms with Gasteiger partial charge in [-0.2, -0.15) is 0 Å². The van der Waals surface area contributed by atoms with Crippen molar-refractivity contribution < 1.29 is 4.79 Å². The molecule has 1 unspecified atom stereocenters. The van der Waals surface area contributed by atoms with Crippen molar-refractivity contribution in [1.82, 2.24) is 29.7 Å². The molecule has 3 heterocycles. The summed E-state index contributed by atoms with van der Waals surface area (Å²) in [6.07, 6.45) is 11.7. The Morgan fingerprint density at radius 3 is 2.65 bits per heavy atom. The smallest absolute Gasteiger partial charge is 0.248 e.